The van der Waals surface area contributed by atoms with Crippen molar-refractivity contribution in [3.8, 4) is 0 Å². The van der Waals surface area contributed by atoms with E-state index in [1.807, 2.05) is 0 Å². The van der Waals surface area contributed by atoms with Crippen LogP contribution in [0.5, 0.6) is 0 Å². The first kappa shape index (κ1) is 16.6. The maximum absolute atomic E-state index is 12.4. The second-order valence-corrected chi connectivity index (χ2v) is 8.57. The van der Waals surface area contributed by atoms with Crippen molar-refractivity contribution in [1.82, 2.24) is 4.90 Å². The van der Waals surface area contributed by atoms with E-state index in [-0.39, 0.29) is 17.8 Å². The van der Waals surface area contributed by atoms with Gasteiger partial charge in [0.05, 0.1) is 19.1 Å². The topological polar surface area (TPSA) is 61.8 Å². The van der Waals surface area contributed by atoms with E-state index in [0.29, 0.717) is 23.9 Å². The van der Waals surface area contributed by atoms with Gasteiger partial charge in [-0.15, -0.1) is 0 Å². The molecule has 5 nitrogen and oxygen atoms in total. The molecule has 3 heterocycles. The van der Waals surface area contributed by atoms with Crippen LogP contribution in [-0.2, 0) is 9.53 Å². The van der Waals surface area contributed by atoms with Gasteiger partial charge in [-0.05, 0) is 55.7 Å². The second kappa shape index (κ2) is 6.24. The van der Waals surface area contributed by atoms with Gasteiger partial charge >= 0.3 is 5.97 Å². The minimum absolute atomic E-state index is 0.226. The van der Waals surface area contributed by atoms with E-state index in [2.05, 4.69) is 34.5 Å². The van der Waals surface area contributed by atoms with Gasteiger partial charge in [-0.2, -0.15) is 0 Å². The van der Waals surface area contributed by atoms with Gasteiger partial charge in [0.2, 0.25) is 0 Å². The van der Waals surface area contributed by atoms with Gasteiger partial charge in [-0.3, -0.25) is 9.69 Å². The second-order valence-electron chi connectivity index (χ2n) is 8.57. The van der Waals surface area contributed by atoms with Gasteiger partial charge in [0.1, 0.15) is 0 Å². The van der Waals surface area contributed by atoms with Crippen LogP contribution in [0.2, 0.25) is 0 Å². The Morgan fingerprint density at radius 3 is 2.96 bits per heavy atom. The molecule has 0 radical (unpaired) electrons. The Hall–Kier alpha value is -1.59. The number of esters is 1. The van der Waals surface area contributed by atoms with Crippen LogP contribution in [-0.4, -0.2) is 54.4 Å². The zero-order valence-corrected chi connectivity index (χ0v) is 15.3. The summed E-state index contributed by atoms with van der Waals surface area (Å²) in [6, 6.07) is 9.53. The molecule has 0 aromatic heterocycles. The fraction of sp³-hybridized carbons (Fsp3) is 0.667. The summed E-state index contributed by atoms with van der Waals surface area (Å²) < 4.78 is 5.05. The molecule has 1 aromatic rings. The quantitative estimate of drug-likeness (QED) is 0.756. The molecule has 2 saturated heterocycles. The summed E-state index contributed by atoms with van der Waals surface area (Å²) in [4.78, 5) is 15.0. The average molecular weight is 356 g/mol. The number of piperidine rings is 2. The Bertz CT molecular complexity index is 708. The van der Waals surface area contributed by atoms with Crippen molar-refractivity contribution in [3.05, 3.63) is 29.8 Å². The minimum Gasteiger partial charge on any atom is -0.469 e. The lowest BCUT2D eigenvalue weighted by molar-refractivity contribution is -0.160. The van der Waals surface area contributed by atoms with Crippen molar-refractivity contribution in [2.45, 2.75) is 49.8 Å². The number of para-hydroxylation sites is 1. The fourth-order valence-corrected chi connectivity index (χ4v) is 6.32. The molecular formula is C21H28N2O3. The molecule has 1 saturated carbocycles. The summed E-state index contributed by atoms with van der Waals surface area (Å²) in [7, 11) is 1.44. The molecule has 0 amide bonds. The molecule has 26 heavy (non-hydrogen) atoms. The van der Waals surface area contributed by atoms with Crippen molar-refractivity contribution < 1.29 is 14.6 Å². The summed E-state index contributed by atoms with van der Waals surface area (Å²) in [5, 5.41) is 14.3. The van der Waals surface area contributed by atoms with Crippen LogP contribution in [0.25, 0.3) is 0 Å². The fourth-order valence-electron chi connectivity index (χ4n) is 6.32. The number of aliphatic hydroxyl groups excluding tert-OH is 1. The van der Waals surface area contributed by atoms with E-state index in [9.17, 15) is 9.90 Å². The van der Waals surface area contributed by atoms with Crippen LogP contribution in [0.4, 0.5) is 5.69 Å². The normalized spacial score (nSPS) is 41.2. The molecule has 1 aromatic carbocycles. The number of methoxy groups -OCH3 is 1. The molecule has 5 heteroatoms. The van der Waals surface area contributed by atoms with Crippen molar-refractivity contribution in [3.63, 3.8) is 0 Å². The number of benzene rings is 1. The summed E-state index contributed by atoms with van der Waals surface area (Å²) >= 11 is 0. The lowest BCUT2D eigenvalue weighted by Crippen LogP contribution is -2.61. The van der Waals surface area contributed by atoms with E-state index >= 15 is 0 Å². The molecule has 4 aliphatic rings. The third-order valence-corrected chi connectivity index (χ3v) is 7.50. The van der Waals surface area contributed by atoms with E-state index < -0.39 is 6.10 Å². The first-order chi connectivity index (χ1) is 12.7. The number of anilines is 1. The highest BCUT2D eigenvalue weighted by Crippen LogP contribution is 2.50. The molecule has 2 N–H and O–H groups in total. The van der Waals surface area contributed by atoms with Crippen LogP contribution in [0.3, 0.4) is 0 Å². The number of rotatable bonds is 1. The SMILES string of the molecule is COC(=O)[C@H]1[C@H]2C[C@@H]3[C@@H]4Nc5ccccc5[C@@H]4CCN3C[C@H]2CC[C@@H]1O. The summed E-state index contributed by atoms with van der Waals surface area (Å²) in [5.41, 5.74) is 2.73. The van der Waals surface area contributed by atoms with Crippen LogP contribution in [0.15, 0.2) is 24.3 Å². The molecular weight excluding hydrogens is 328 g/mol. The van der Waals surface area contributed by atoms with E-state index in [0.717, 1.165) is 32.4 Å². The molecule has 0 spiro atoms. The Kier molecular flexibility index (Phi) is 3.98. The molecule has 3 fully saturated rings. The monoisotopic (exact) mass is 356 g/mol. The molecule has 140 valence electrons. The first-order valence-electron chi connectivity index (χ1n) is 10.0. The lowest BCUT2D eigenvalue weighted by Gasteiger charge is -2.54. The maximum Gasteiger partial charge on any atom is 0.311 e. The Morgan fingerprint density at radius 1 is 1.27 bits per heavy atom. The van der Waals surface area contributed by atoms with Crippen molar-refractivity contribution in [2.24, 2.45) is 17.8 Å². The molecule has 7 atom stereocenters. The van der Waals surface area contributed by atoms with Crippen molar-refractivity contribution in [1.29, 1.82) is 0 Å². The van der Waals surface area contributed by atoms with Gasteiger partial charge in [0.25, 0.3) is 0 Å². The predicted octanol–water partition coefficient (Wildman–Crippen LogP) is 2.22. The average Bonchev–Trinajstić information content (AvgIpc) is 3.05. The zero-order chi connectivity index (χ0) is 17.8. The van der Waals surface area contributed by atoms with Gasteiger partial charge in [-0.1, -0.05) is 18.2 Å². The Labute approximate surface area is 154 Å². The van der Waals surface area contributed by atoms with Gasteiger partial charge < -0.3 is 15.2 Å². The lowest BCUT2D eigenvalue weighted by atomic mass is 9.63. The van der Waals surface area contributed by atoms with E-state index in [4.69, 9.17) is 4.74 Å². The predicted molar refractivity (Wildman–Crippen MR) is 98.9 cm³/mol. The maximum atomic E-state index is 12.4. The first-order valence-corrected chi connectivity index (χ1v) is 10.0. The molecule has 0 bridgehead atoms. The summed E-state index contributed by atoms with van der Waals surface area (Å²) in [5.74, 6) is 0.714. The number of carbonyl (C=O) groups is 1. The Balaban J connectivity index is 1.43. The largest absolute Gasteiger partial charge is 0.469 e. The highest BCUT2D eigenvalue weighted by atomic mass is 16.5. The number of carbonyl (C=O) groups excluding carboxylic acids is 1. The Morgan fingerprint density at radius 2 is 2.12 bits per heavy atom. The number of ether oxygens (including phenoxy) is 1. The van der Waals surface area contributed by atoms with Crippen LogP contribution >= 0.6 is 0 Å². The number of aliphatic hydroxyl groups is 1. The van der Waals surface area contributed by atoms with Crippen LogP contribution < -0.4 is 5.32 Å². The summed E-state index contributed by atoms with van der Waals surface area (Å²) in [6.45, 7) is 2.19. The highest BCUT2D eigenvalue weighted by molar-refractivity contribution is 5.73. The zero-order valence-electron chi connectivity index (χ0n) is 15.3. The number of nitrogens with zero attached hydrogens (tertiary/aromatic N) is 1. The standard InChI is InChI=1S/C21H28N2O3/c1-26-21(25)19-15-10-17-20-14(13-4-2-3-5-16(13)22-20)8-9-23(17)11-12(15)6-7-18(19)24/h2-5,12,14-15,17-20,22,24H,6-11H2,1H3/t12-,14+,15+,17-,18+,19+,20-/m1/s1. The third kappa shape index (κ3) is 2.40. The van der Waals surface area contributed by atoms with Crippen molar-refractivity contribution in [2.75, 3.05) is 25.5 Å². The number of nitrogens with one attached hydrogen (secondary N) is 1. The number of fused-ring (bicyclic) bond motifs is 6. The molecule has 3 aliphatic heterocycles. The van der Waals surface area contributed by atoms with Crippen LogP contribution in [0, 0.1) is 17.8 Å². The number of hydrogen-bond donors (Lipinski definition) is 2. The third-order valence-electron chi connectivity index (χ3n) is 7.50. The number of hydrogen-bond acceptors (Lipinski definition) is 5. The van der Waals surface area contributed by atoms with E-state index in [1.54, 1.807) is 0 Å². The minimum atomic E-state index is -0.552. The molecule has 5 rings (SSSR count). The van der Waals surface area contributed by atoms with Gasteiger partial charge in [0.15, 0.2) is 0 Å². The van der Waals surface area contributed by atoms with E-state index in [1.165, 1.54) is 24.8 Å². The van der Waals surface area contributed by atoms with Gasteiger partial charge in [-0.25, -0.2) is 0 Å². The van der Waals surface area contributed by atoms with Crippen LogP contribution in [0.1, 0.15) is 37.2 Å². The molecule has 1 aliphatic carbocycles. The summed E-state index contributed by atoms with van der Waals surface area (Å²) in [6.07, 6.45) is 3.36. The highest BCUT2D eigenvalue weighted by Gasteiger charge is 2.52. The van der Waals surface area contributed by atoms with Gasteiger partial charge in [0, 0.05) is 30.2 Å². The van der Waals surface area contributed by atoms with Crippen molar-refractivity contribution >= 4 is 11.7 Å². The molecule has 0 unspecified atom stereocenters. The smallest absolute Gasteiger partial charge is 0.311 e.